The highest BCUT2D eigenvalue weighted by molar-refractivity contribution is 7.70. The molecule has 0 atom stereocenters. The minimum absolute atomic E-state index is 0.766. The molecular formula is C8H13OP. The third-order valence-corrected chi connectivity index (χ3v) is 4.58. The molecule has 1 aliphatic rings. The fourth-order valence-electron chi connectivity index (χ4n) is 1.08. The highest BCUT2D eigenvalue weighted by atomic mass is 31.2. The van der Waals surface area contributed by atoms with Gasteiger partial charge in [-0.3, -0.25) is 0 Å². The molecule has 0 spiro atoms. The lowest BCUT2D eigenvalue weighted by Gasteiger charge is -1.98. The van der Waals surface area contributed by atoms with E-state index in [1.807, 2.05) is 32.4 Å². The smallest absolute Gasteiger partial charge is 0.129 e. The summed E-state index contributed by atoms with van der Waals surface area (Å²) < 4.78 is 11.6. The summed E-state index contributed by atoms with van der Waals surface area (Å²) in [5.74, 6) is 3.84. The average molecular weight is 156 g/mol. The van der Waals surface area contributed by atoms with Crippen LogP contribution in [0.1, 0.15) is 20.8 Å². The minimum Gasteiger partial charge on any atom is -0.315 e. The van der Waals surface area contributed by atoms with E-state index in [4.69, 9.17) is 0 Å². The van der Waals surface area contributed by atoms with Gasteiger partial charge in [-0.2, -0.15) is 0 Å². The fraction of sp³-hybridized carbons (Fsp3) is 0.500. The maximum atomic E-state index is 11.6. The second kappa shape index (κ2) is 2.39. The summed E-state index contributed by atoms with van der Waals surface area (Å²) in [5.41, 5.74) is 2.37. The Bertz CT molecular complexity index is 226. The molecule has 56 valence electrons. The molecule has 0 aromatic rings. The SMILES string of the molecule is CCP1(=O)C=C(C)C(C)=C1. The molecule has 0 saturated carbocycles. The summed E-state index contributed by atoms with van der Waals surface area (Å²) in [6, 6.07) is 0. The predicted molar refractivity (Wildman–Crippen MR) is 45.7 cm³/mol. The van der Waals surface area contributed by atoms with Gasteiger partial charge in [-0.1, -0.05) is 6.92 Å². The van der Waals surface area contributed by atoms with Crippen LogP contribution < -0.4 is 0 Å². The molecule has 0 radical (unpaired) electrons. The molecule has 0 amide bonds. The number of allylic oxidation sites excluding steroid dienone is 2. The van der Waals surface area contributed by atoms with Crippen LogP contribution in [-0.4, -0.2) is 6.16 Å². The molecule has 0 aromatic carbocycles. The molecule has 2 heteroatoms. The van der Waals surface area contributed by atoms with Gasteiger partial charge < -0.3 is 4.57 Å². The molecule has 1 aliphatic heterocycles. The van der Waals surface area contributed by atoms with Crippen LogP contribution in [0.4, 0.5) is 0 Å². The summed E-state index contributed by atoms with van der Waals surface area (Å²) in [6.45, 7) is 6.00. The van der Waals surface area contributed by atoms with Gasteiger partial charge in [0.05, 0.1) is 0 Å². The molecular weight excluding hydrogens is 143 g/mol. The van der Waals surface area contributed by atoms with Crippen LogP contribution in [0.3, 0.4) is 0 Å². The third-order valence-electron chi connectivity index (χ3n) is 1.94. The van der Waals surface area contributed by atoms with E-state index in [1.54, 1.807) is 0 Å². The minimum atomic E-state index is -1.99. The zero-order valence-electron chi connectivity index (χ0n) is 6.72. The third kappa shape index (κ3) is 1.24. The first-order chi connectivity index (χ1) is 4.57. The van der Waals surface area contributed by atoms with Gasteiger partial charge in [0.25, 0.3) is 0 Å². The maximum Gasteiger partial charge on any atom is 0.129 e. The van der Waals surface area contributed by atoms with E-state index in [9.17, 15) is 4.57 Å². The van der Waals surface area contributed by atoms with Crippen molar-refractivity contribution in [2.45, 2.75) is 20.8 Å². The van der Waals surface area contributed by atoms with Crippen molar-refractivity contribution in [2.75, 3.05) is 6.16 Å². The predicted octanol–water partition coefficient (Wildman–Crippen LogP) is 3.19. The van der Waals surface area contributed by atoms with Gasteiger partial charge in [-0.25, -0.2) is 0 Å². The van der Waals surface area contributed by atoms with Gasteiger partial charge >= 0.3 is 0 Å². The van der Waals surface area contributed by atoms with Crippen LogP contribution in [0, 0.1) is 0 Å². The molecule has 1 heterocycles. The van der Waals surface area contributed by atoms with Gasteiger partial charge in [-0.15, -0.1) is 0 Å². The highest BCUT2D eigenvalue weighted by Gasteiger charge is 2.19. The van der Waals surface area contributed by atoms with Crippen molar-refractivity contribution >= 4 is 7.14 Å². The monoisotopic (exact) mass is 156 g/mol. The molecule has 0 aliphatic carbocycles. The van der Waals surface area contributed by atoms with Gasteiger partial charge in [0.2, 0.25) is 0 Å². The van der Waals surface area contributed by atoms with Gasteiger partial charge in [0.15, 0.2) is 0 Å². The normalized spacial score (nSPS) is 22.3. The Balaban J connectivity index is 3.03. The standard InChI is InChI=1S/C8H13OP/c1-4-10(9)5-7(2)8(3)6-10/h5-6H,4H2,1-3H3. The first-order valence-electron chi connectivity index (χ1n) is 3.55. The van der Waals surface area contributed by atoms with Crippen molar-refractivity contribution in [3.8, 4) is 0 Å². The molecule has 10 heavy (non-hydrogen) atoms. The zero-order chi connectivity index (χ0) is 7.78. The Morgan fingerprint density at radius 2 is 1.70 bits per heavy atom. The number of rotatable bonds is 1. The summed E-state index contributed by atoms with van der Waals surface area (Å²) in [5, 5.41) is 0. The zero-order valence-corrected chi connectivity index (χ0v) is 7.61. The largest absolute Gasteiger partial charge is 0.315 e. The average Bonchev–Trinajstić information content (AvgIpc) is 2.10. The van der Waals surface area contributed by atoms with Crippen molar-refractivity contribution in [2.24, 2.45) is 0 Å². The number of hydrogen-bond donors (Lipinski definition) is 0. The first kappa shape index (κ1) is 7.81. The lowest BCUT2D eigenvalue weighted by Crippen LogP contribution is -1.71. The van der Waals surface area contributed by atoms with Crippen molar-refractivity contribution in [3.05, 3.63) is 22.8 Å². The van der Waals surface area contributed by atoms with E-state index in [0.717, 1.165) is 6.16 Å². The molecule has 1 rings (SSSR count). The topological polar surface area (TPSA) is 17.1 Å². The Kier molecular flexibility index (Phi) is 1.87. The molecule has 0 saturated heterocycles. The first-order valence-corrected chi connectivity index (χ1v) is 5.58. The summed E-state index contributed by atoms with van der Waals surface area (Å²) >= 11 is 0. The fourth-order valence-corrected chi connectivity index (χ4v) is 3.24. The Morgan fingerprint density at radius 1 is 1.30 bits per heavy atom. The van der Waals surface area contributed by atoms with Crippen molar-refractivity contribution in [3.63, 3.8) is 0 Å². The van der Waals surface area contributed by atoms with Crippen LogP contribution in [-0.2, 0) is 4.57 Å². The van der Waals surface area contributed by atoms with E-state index < -0.39 is 7.14 Å². The molecule has 0 fully saturated rings. The second-order valence-electron chi connectivity index (χ2n) is 2.79. The Labute approximate surface area is 62.2 Å². The lowest BCUT2D eigenvalue weighted by atomic mass is 10.2. The van der Waals surface area contributed by atoms with Crippen molar-refractivity contribution in [1.82, 2.24) is 0 Å². The van der Waals surface area contributed by atoms with E-state index in [1.165, 1.54) is 11.1 Å². The van der Waals surface area contributed by atoms with Crippen LogP contribution in [0.15, 0.2) is 22.8 Å². The Hall–Kier alpha value is -0.290. The summed E-state index contributed by atoms with van der Waals surface area (Å²) in [4.78, 5) is 0. The van der Waals surface area contributed by atoms with Gasteiger partial charge in [0, 0.05) is 6.16 Å². The molecule has 0 aromatic heterocycles. The molecule has 0 bridgehead atoms. The van der Waals surface area contributed by atoms with E-state index in [2.05, 4.69) is 0 Å². The summed E-state index contributed by atoms with van der Waals surface area (Å²) in [7, 11) is -1.99. The van der Waals surface area contributed by atoms with Crippen LogP contribution in [0.2, 0.25) is 0 Å². The van der Waals surface area contributed by atoms with Crippen LogP contribution in [0.25, 0.3) is 0 Å². The van der Waals surface area contributed by atoms with E-state index in [-0.39, 0.29) is 0 Å². The van der Waals surface area contributed by atoms with Crippen molar-refractivity contribution in [1.29, 1.82) is 0 Å². The van der Waals surface area contributed by atoms with Crippen molar-refractivity contribution < 1.29 is 4.57 Å². The van der Waals surface area contributed by atoms with Gasteiger partial charge in [-0.05, 0) is 36.6 Å². The summed E-state index contributed by atoms with van der Waals surface area (Å²) in [6.07, 6.45) is 0.766. The van der Waals surface area contributed by atoms with E-state index in [0.29, 0.717) is 0 Å². The lowest BCUT2D eigenvalue weighted by molar-refractivity contribution is 0.587. The van der Waals surface area contributed by atoms with E-state index >= 15 is 0 Å². The quantitative estimate of drug-likeness (QED) is 0.533. The molecule has 0 N–H and O–H groups in total. The van der Waals surface area contributed by atoms with Crippen LogP contribution in [0.5, 0.6) is 0 Å². The molecule has 1 nitrogen and oxygen atoms in total. The number of hydrogen-bond acceptors (Lipinski definition) is 1. The molecule has 0 unspecified atom stereocenters. The maximum absolute atomic E-state index is 11.6. The van der Waals surface area contributed by atoms with Crippen LogP contribution >= 0.6 is 7.14 Å². The van der Waals surface area contributed by atoms with Gasteiger partial charge in [0.1, 0.15) is 7.14 Å². The second-order valence-corrected chi connectivity index (χ2v) is 5.65. The Morgan fingerprint density at radius 3 is 1.90 bits per heavy atom. The highest BCUT2D eigenvalue weighted by Crippen LogP contribution is 2.55.